The average molecular weight is 218 g/mol. The second-order valence-electron chi connectivity index (χ2n) is 2.85. The van der Waals surface area contributed by atoms with Crippen molar-refractivity contribution in [2.24, 2.45) is 0 Å². The van der Waals surface area contributed by atoms with E-state index in [9.17, 15) is 4.79 Å². The minimum Gasteiger partial charge on any atom is -0.334 e. The molecule has 0 saturated carbocycles. The Morgan fingerprint density at radius 3 is 2.31 bits per heavy atom. The second kappa shape index (κ2) is 5.80. The smallest absolute Gasteiger partial charge is 0.258 e. The van der Waals surface area contributed by atoms with Crippen LogP contribution in [0.1, 0.15) is 31.4 Å². The minimum absolute atomic E-state index is 0.115. The van der Waals surface area contributed by atoms with Crippen molar-refractivity contribution in [2.75, 3.05) is 0 Å². The molecule has 4 heteroatoms. The maximum absolute atomic E-state index is 10.9. The number of Topliss-reactive ketones (excluding diaryl/α,β-unsaturated/α-hetero) is 1. The lowest BCUT2D eigenvalue weighted by Gasteiger charge is -1.89. The lowest BCUT2D eigenvalue weighted by Crippen LogP contribution is -1.93. The number of aromatic nitrogens is 2. The van der Waals surface area contributed by atoms with Gasteiger partial charge in [0.25, 0.3) is 5.89 Å². The number of rotatable bonds is 2. The van der Waals surface area contributed by atoms with Gasteiger partial charge in [-0.2, -0.15) is 4.98 Å². The predicted molar refractivity (Wildman–Crippen MR) is 61.1 cm³/mol. The fourth-order valence-electron chi connectivity index (χ4n) is 1.06. The Labute approximate surface area is 94.3 Å². The van der Waals surface area contributed by atoms with Gasteiger partial charge in [0.1, 0.15) is 0 Å². The van der Waals surface area contributed by atoms with E-state index in [-0.39, 0.29) is 11.6 Å². The van der Waals surface area contributed by atoms with E-state index in [1.807, 2.05) is 44.2 Å². The van der Waals surface area contributed by atoms with E-state index >= 15 is 0 Å². The quantitative estimate of drug-likeness (QED) is 0.727. The summed E-state index contributed by atoms with van der Waals surface area (Å²) >= 11 is 0. The van der Waals surface area contributed by atoms with Crippen molar-refractivity contribution in [3.05, 3.63) is 36.2 Å². The summed E-state index contributed by atoms with van der Waals surface area (Å²) in [7, 11) is 0. The van der Waals surface area contributed by atoms with Crippen LogP contribution >= 0.6 is 0 Å². The van der Waals surface area contributed by atoms with Crippen LogP contribution < -0.4 is 0 Å². The van der Waals surface area contributed by atoms with Crippen LogP contribution in [0.5, 0.6) is 0 Å². The third-order valence-electron chi connectivity index (χ3n) is 1.76. The molecule has 0 aliphatic carbocycles. The molecule has 0 unspecified atom stereocenters. The molecule has 0 saturated heterocycles. The number of ketones is 1. The highest BCUT2D eigenvalue weighted by Gasteiger charge is 2.10. The van der Waals surface area contributed by atoms with Crippen molar-refractivity contribution in [1.82, 2.24) is 10.1 Å². The number of hydrogen-bond acceptors (Lipinski definition) is 4. The lowest BCUT2D eigenvalue weighted by molar-refractivity contribution is 0.100. The molecule has 84 valence electrons. The van der Waals surface area contributed by atoms with Gasteiger partial charge in [0.15, 0.2) is 0 Å². The monoisotopic (exact) mass is 218 g/mol. The summed E-state index contributed by atoms with van der Waals surface area (Å²) in [5.41, 5.74) is 0.813. The van der Waals surface area contributed by atoms with E-state index in [4.69, 9.17) is 4.52 Å². The molecule has 1 aromatic heterocycles. The van der Waals surface area contributed by atoms with Crippen LogP contribution in [0.3, 0.4) is 0 Å². The largest absolute Gasteiger partial charge is 0.334 e. The molecular formula is C12H14N2O2. The predicted octanol–water partition coefficient (Wildman–Crippen LogP) is 2.97. The van der Waals surface area contributed by atoms with Gasteiger partial charge < -0.3 is 4.52 Å². The highest BCUT2D eigenvalue weighted by Crippen LogP contribution is 2.15. The summed E-state index contributed by atoms with van der Waals surface area (Å²) in [4.78, 5) is 14.9. The minimum atomic E-state index is -0.198. The Morgan fingerprint density at radius 1 is 1.19 bits per heavy atom. The normalized spacial score (nSPS) is 9.19. The van der Waals surface area contributed by atoms with E-state index in [2.05, 4.69) is 10.1 Å². The third-order valence-corrected chi connectivity index (χ3v) is 1.76. The van der Waals surface area contributed by atoms with Gasteiger partial charge in [0, 0.05) is 12.5 Å². The van der Waals surface area contributed by atoms with Gasteiger partial charge in [-0.15, -0.1) is 0 Å². The van der Waals surface area contributed by atoms with Crippen molar-refractivity contribution in [1.29, 1.82) is 0 Å². The van der Waals surface area contributed by atoms with Crippen molar-refractivity contribution in [3.8, 4) is 11.5 Å². The van der Waals surface area contributed by atoms with Gasteiger partial charge in [0.05, 0.1) is 0 Å². The number of benzene rings is 1. The maximum Gasteiger partial charge on any atom is 0.258 e. The molecule has 0 aliphatic rings. The second-order valence-corrected chi connectivity index (χ2v) is 2.85. The van der Waals surface area contributed by atoms with Crippen molar-refractivity contribution >= 4 is 5.78 Å². The molecule has 0 spiro atoms. The molecule has 2 rings (SSSR count). The van der Waals surface area contributed by atoms with E-state index < -0.39 is 0 Å². The first-order valence-corrected chi connectivity index (χ1v) is 5.17. The van der Waals surface area contributed by atoms with Gasteiger partial charge in [-0.25, -0.2) is 0 Å². The van der Waals surface area contributed by atoms with Gasteiger partial charge >= 0.3 is 0 Å². The molecule has 0 aliphatic heterocycles. The molecule has 16 heavy (non-hydrogen) atoms. The molecule has 2 aromatic rings. The Kier molecular flexibility index (Phi) is 4.39. The first-order chi connectivity index (χ1) is 7.77. The van der Waals surface area contributed by atoms with Crippen LogP contribution in [-0.4, -0.2) is 15.9 Å². The van der Waals surface area contributed by atoms with Gasteiger partial charge in [-0.1, -0.05) is 37.2 Å². The molecule has 0 fully saturated rings. The molecule has 0 N–H and O–H groups in total. The summed E-state index contributed by atoms with van der Waals surface area (Å²) in [6.07, 6.45) is 0. The fourth-order valence-corrected chi connectivity index (χ4v) is 1.06. The SMILES string of the molecule is CC.CC(=O)c1noc(-c2ccccc2)n1. The molecule has 4 nitrogen and oxygen atoms in total. The van der Waals surface area contributed by atoms with Crippen LogP contribution in [0.25, 0.3) is 11.5 Å². The topological polar surface area (TPSA) is 56.0 Å². The van der Waals surface area contributed by atoms with Crippen molar-refractivity contribution in [2.45, 2.75) is 20.8 Å². The number of carbonyl (C=O) groups is 1. The van der Waals surface area contributed by atoms with Crippen molar-refractivity contribution < 1.29 is 9.32 Å². The summed E-state index contributed by atoms with van der Waals surface area (Å²) < 4.78 is 4.93. The molecule has 0 radical (unpaired) electrons. The number of hydrogen-bond donors (Lipinski definition) is 0. The maximum atomic E-state index is 10.9. The van der Waals surface area contributed by atoms with Crippen LogP contribution in [0.4, 0.5) is 0 Å². The first-order valence-electron chi connectivity index (χ1n) is 5.17. The molecule has 0 bridgehead atoms. The summed E-state index contributed by atoms with van der Waals surface area (Å²) in [5, 5.41) is 3.56. The van der Waals surface area contributed by atoms with E-state index in [0.29, 0.717) is 5.89 Å². The zero-order valence-corrected chi connectivity index (χ0v) is 9.60. The third kappa shape index (κ3) is 2.76. The van der Waals surface area contributed by atoms with E-state index in [1.165, 1.54) is 6.92 Å². The number of carbonyl (C=O) groups excluding carboxylic acids is 1. The first kappa shape index (κ1) is 12.1. The van der Waals surface area contributed by atoms with Crippen LogP contribution in [0.15, 0.2) is 34.9 Å². The highest BCUT2D eigenvalue weighted by molar-refractivity contribution is 5.90. The van der Waals surface area contributed by atoms with Gasteiger partial charge in [0.2, 0.25) is 11.6 Å². The molecular weight excluding hydrogens is 204 g/mol. The standard InChI is InChI=1S/C10H8N2O2.C2H6/c1-7(13)9-11-10(14-12-9)8-5-3-2-4-6-8;1-2/h2-6H,1H3;1-2H3. The van der Waals surface area contributed by atoms with Crippen LogP contribution in [0.2, 0.25) is 0 Å². The zero-order chi connectivity index (χ0) is 12.0. The van der Waals surface area contributed by atoms with E-state index in [0.717, 1.165) is 5.56 Å². The molecule has 0 amide bonds. The summed E-state index contributed by atoms with van der Waals surface area (Å²) in [6, 6.07) is 9.32. The van der Waals surface area contributed by atoms with Gasteiger partial charge in [-0.05, 0) is 12.1 Å². The lowest BCUT2D eigenvalue weighted by atomic mass is 10.2. The highest BCUT2D eigenvalue weighted by atomic mass is 16.5. The fraction of sp³-hybridized carbons (Fsp3) is 0.250. The average Bonchev–Trinajstić information content (AvgIpc) is 2.82. The molecule has 1 heterocycles. The van der Waals surface area contributed by atoms with Crippen molar-refractivity contribution in [3.63, 3.8) is 0 Å². The Bertz CT molecular complexity index is 449. The number of nitrogens with zero attached hydrogens (tertiary/aromatic N) is 2. The van der Waals surface area contributed by atoms with Crippen LogP contribution in [-0.2, 0) is 0 Å². The van der Waals surface area contributed by atoms with E-state index in [1.54, 1.807) is 0 Å². The summed E-state index contributed by atoms with van der Waals surface area (Å²) in [6.45, 7) is 5.40. The van der Waals surface area contributed by atoms with Gasteiger partial charge in [-0.3, -0.25) is 4.79 Å². The Hall–Kier alpha value is -1.97. The molecule has 0 atom stereocenters. The Balaban J connectivity index is 0.000000606. The van der Waals surface area contributed by atoms with Crippen LogP contribution in [0, 0.1) is 0 Å². The Morgan fingerprint density at radius 2 is 1.81 bits per heavy atom. The summed E-state index contributed by atoms with van der Waals surface area (Å²) in [5.74, 6) is 0.288. The molecule has 1 aromatic carbocycles. The zero-order valence-electron chi connectivity index (χ0n) is 9.60.